The summed E-state index contributed by atoms with van der Waals surface area (Å²) in [6.07, 6.45) is 0. The van der Waals surface area contributed by atoms with E-state index in [4.69, 9.17) is 0 Å². The minimum Gasteiger partial charge on any atom is -0.507 e. The van der Waals surface area contributed by atoms with Crippen LogP contribution in [0.25, 0.3) is 32.7 Å². The van der Waals surface area contributed by atoms with Crippen molar-refractivity contribution >= 4 is 55.7 Å². The Labute approximate surface area is 279 Å². The molecule has 0 unspecified atom stereocenters. The van der Waals surface area contributed by atoms with Crippen LogP contribution in [0.3, 0.4) is 0 Å². The molecule has 0 aliphatic rings. The Morgan fingerprint density at radius 2 is 0.688 bits per heavy atom. The van der Waals surface area contributed by atoms with Gasteiger partial charge in [-0.1, -0.05) is 109 Å². The second-order valence-electron chi connectivity index (χ2n) is 11.7. The molecule has 48 heavy (non-hydrogen) atoms. The maximum Gasteiger partial charge on any atom is 0.123 e. The molecule has 4 heteroatoms. The molecule has 8 rings (SSSR count). The fourth-order valence-electron chi connectivity index (χ4n) is 6.57. The van der Waals surface area contributed by atoms with Crippen molar-refractivity contribution in [2.24, 2.45) is 0 Å². The molecule has 0 bridgehead atoms. The largest absolute Gasteiger partial charge is 0.507 e. The van der Waals surface area contributed by atoms with Gasteiger partial charge in [0, 0.05) is 44.6 Å². The minimum atomic E-state index is 0.0774. The molecular weight excluding hydrogens is 588 g/mol. The number of hydrogen-bond donors (Lipinski definition) is 2. The Morgan fingerprint density at radius 3 is 1.12 bits per heavy atom. The third-order valence-electron chi connectivity index (χ3n) is 8.81. The number of fused-ring (bicyclic) bond motifs is 2. The van der Waals surface area contributed by atoms with Crippen molar-refractivity contribution in [1.29, 1.82) is 0 Å². The first-order valence-electron chi connectivity index (χ1n) is 16.0. The van der Waals surface area contributed by atoms with Crippen molar-refractivity contribution in [3.8, 4) is 22.6 Å². The second-order valence-corrected chi connectivity index (χ2v) is 11.7. The predicted molar refractivity (Wildman–Crippen MR) is 200 cm³/mol. The van der Waals surface area contributed by atoms with E-state index in [-0.39, 0.29) is 11.5 Å². The van der Waals surface area contributed by atoms with Crippen LogP contribution in [0.4, 0.5) is 34.1 Å². The zero-order chi connectivity index (χ0) is 32.5. The third-order valence-corrected chi connectivity index (χ3v) is 8.81. The molecule has 8 aromatic rings. The molecule has 4 nitrogen and oxygen atoms in total. The molecule has 8 aromatic carbocycles. The summed E-state index contributed by atoms with van der Waals surface area (Å²) >= 11 is 0. The van der Waals surface area contributed by atoms with Crippen molar-refractivity contribution in [3.05, 3.63) is 182 Å². The zero-order valence-electron chi connectivity index (χ0n) is 26.1. The van der Waals surface area contributed by atoms with E-state index >= 15 is 0 Å². The van der Waals surface area contributed by atoms with Gasteiger partial charge in [-0.15, -0.1) is 0 Å². The maximum absolute atomic E-state index is 11.4. The number of para-hydroxylation sites is 2. The van der Waals surface area contributed by atoms with E-state index in [0.717, 1.165) is 55.7 Å². The highest BCUT2D eigenvalue weighted by Crippen LogP contribution is 2.46. The predicted octanol–water partition coefficient (Wildman–Crippen LogP) is 12.0. The topological polar surface area (TPSA) is 46.9 Å². The molecule has 0 radical (unpaired) electrons. The van der Waals surface area contributed by atoms with Gasteiger partial charge in [0.15, 0.2) is 0 Å². The summed E-state index contributed by atoms with van der Waals surface area (Å²) in [6, 6.07) is 60.8. The van der Waals surface area contributed by atoms with Crippen LogP contribution in [0.1, 0.15) is 0 Å². The molecule has 2 N–H and O–H groups in total. The van der Waals surface area contributed by atoms with E-state index < -0.39 is 0 Å². The normalized spacial score (nSPS) is 11.1. The van der Waals surface area contributed by atoms with E-state index in [1.807, 2.05) is 72.8 Å². The van der Waals surface area contributed by atoms with Crippen LogP contribution < -0.4 is 9.80 Å². The smallest absolute Gasteiger partial charge is 0.123 e. The summed E-state index contributed by atoms with van der Waals surface area (Å²) in [5, 5.41) is 27.2. The molecule has 0 amide bonds. The molecular formula is C44H32N2O2. The lowest BCUT2D eigenvalue weighted by atomic mass is 9.99. The maximum atomic E-state index is 11.4. The van der Waals surface area contributed by atoms with Gasteiger partial charge in [-0.2, -0.15) is 0 Å². The zero-order valence-corrected chi connectivity index (χ0v) is 26.1. The number of hydrogen-bond acceptors (Lipinski definition) is 4. The summed E-state index contributed by atoms with van der Waals surface area (Å²) in [4.78, 5) is 4.39. The molecule has 0 aliphatic heterocycles. The summed E-state index contributed by atoms with van der Waals surface area (Å²) in [5.41, 5.74) is 6.75. The summed E-state index contributed by atoms with van der Waals surface area (Å²) in [5.74, 6) is 0.155. The van der Waals surface area contributed by atoms with Crippen molar-refractivity contribution in [2.45, 2.75) is 0 Å². The first-order chi connectivity index (χ1) is 23.7. The quantitative estimate of drug-likeness (QED) is 0.186. The molecule has 0 aromatic heterocycles. The van der Waals surface area contributed by atoms with Crippen LogP contribution in [-0.4, -0.2) is 10.2 Å². The van der Waals surface area contributed by atoms with Crippen LogP contribution in [-0.2, 0) is 0 Å². The van der Waals surface area contributed by atoms with Gasteiger partial charge in [-0.3, -0.25) is 0 Å². The highest BCUT2D eigenvalue weighted by molar-refractivity contribution is 6.01. The molecule has 0 heterocycles. The number of benzene rings is 8. The minimum absolute atomic E-state index is 0.0774. The van der Waals surface area contributed by atoms with Crippen molar-refractivity contribution < 1.29 is 10.2 Å². The highest BCUT2D eigenvalue weighted by Gasteiger charge is 2.21. The summed E-state index contributed by atoms with van der Waals surface area (Å²) in [6.45, 7) is 0. The molecule has 0 saturated heterocycles. The average Bonchev–Trinajstić information content (AvgIpc) is 3.14. The van der Waals surface area contributed by atoms with Gasteiger partial charge in [0.1, 0.15) is 11.5 Å². The first kappa shape index (κ1) is 28.9. The van der Waals surface area contributed by atoms with E-state index in [2.05, 4.69) is 107 Å². The first-order valence-corrected chi connectivity index (χ1v) is 16.0. The van der Waals surface area contributed by atoms with Gasteiger partial charge in [-0.05, 0) is 83.6 Å². The Balaban J connectivity index is 1.31. The number of aromatic hydroxyl groups is 2. The number of nitrogens with zero attached hydrogens (tertiary/aromatic N) is 2. The molecule has 0 aliphatic carbocycles. The Morgan fingerprint density at radius 1 is 0.312 bits per heavy atom. The SMILES string of the molecule is Oc1ccc(N(c2ccccc2)c2cccc3ccccc23)cc1-c1cc(N(c2ccccc2)c2cccc3ccccc23)ccc1O. The Bertz CT molecular complexity index is 2210. The van der Waals surface area contributed by atoms with Gasteiger partial charge < -0.3 is 20.0 Å². The standard InChI is InChI=1S/C44H32N2O2/c47-43-27-25-35(45(33-17-3-1-4-18-33)41-23-11-15-31-13-7-9-21-37(31)41)29-39(43)40-30-36(26-28-44(40)48)46(34-19-5-2-6-20-34)42-24-12-16-32-14-8-10-22-38(32)42/h1-30,47-48H. The van der Waals surface area contributed by atoms with Gasteiger partial charge >= 0.3 is 0 Å². The molecule has 0 saturated carbocycles. The van der Waals surface area contributed by atoms with Crippen molar-refractivity contribution in [2.75, 3.05) is 9.80 Å². The van der Waals surface area contributed by atoms with Crippen molar-refractivity contribution in [3.63, 3.8) is 0 Å². The molecule has 230 valence electrons. The molecule has 0 fully saturated rings. The van der Waals surface area contributed by atoms with Crippen LogP contribution in [0.15, 0.2) is 182 Å². The van der Waals surface area contributed by atoms with Gasteiger partial charge in [0.25, 0.3) is 0 Å². The second kappa shape index (κ2) is 12.3. The van der Waals surface area contributed by atoms with Crippen LogP contribution in [0.2, 0.25) is 0 Å². The summed E-state index contributed by atoms with van der Waals surface area (Å²) < 4.78 is 0. The number of rotatable bonds is 7. The summed E-state index contributed by atoms with van der Waals surface area (Å²) in [7, 11) is 0. The fraction of sp³-hybridized carbons (Fsp3) is 0. The Hall–Kier alpha value is -6.52. The number of phenolic OH excluding ortho intramolecular Hbond substituents is 2. The van der Waals surface area contributed by atoms with Gasteiger partial charge in [-0.25, -0.2) is 0 Å². The van der Waals surface area contributed by atoms with Gasteiger partial charge in [0.2, 0.25) is 0 Å². The number of phenols is 2. The third kappa shape index (κ3) is 5.25. The van der Waals surface area contributed by atoms with E-state index in [9.17, 15) is 10.2 Å². The van der Waals surface area contributed by atoms with E-state index in [0.29, 0.717) is 11.1 Å². The van der Waals surface area contributed by atoms with Gasteiger partial charge in [0.05, 0.1) is 11.4 Å². The molecule has 0 atom stereocenters. The average molecular weight is 621 g/mol. The monoisotopic (exact) mass is 620 g/mol. The van der Waals surface area contributed by atoms with Crippen molar-refractivity contribution in [1.82, 2.24) is 0 Å². The van der Waals surface area contributed by atoms with E-state index in [1.54, 1.807) is 12.1 Å². The molecule has 0 spiro atoms. The Kier molecular flexibility index (Phi) is 7.44. The van der Waals surface area contributed by atoms with Crippen LogP contribution in [0, 0.1) is 0 Å². The lowest BCUT2D eigenvalue weighted by Crippen LogP contribution is -2.11. The fourth-order valence-corrected chi connectivity index (χ4v) is 6.57. The lowest BCUT2D eigenvalue weighted by Gasteiger charge is -2.28. The van der Waals surface area contributed by atoms with Crippen LogP contribution in [0.5, 0.6) is 11.5 Å². The van der Waals surface area contributed by atoms with E-state index in [1.165, 1.54) is 0 Å². The number of anilines is 6. The highest BCUT2D eigenvalue weighted by atomic mass is 16.3. The van der Waals surface area contributed by atoms with Crippen LogP contribution >= 0.6 is 0 Å². The lowest BCUT2D eigenvalue weighted by molar-refractivity contribution is 0.469.